The lowest BCUT2D eigenvalue weighted by molar-refractivity contribution is 0.244. The van der Waals surface area contributed by atoms with Crippen molar-refractivity contribution >= 4 is 40.4 Å². The normalized spacial score (nSPS) is 16.2. The van der Waals surface area contributed by atoms with Gasteiger partial charge in [0.2, 0.25) is 5.82 Å². The maximum Gasteiger partial charge on any atom is 0.326 e. The number of hydrogen-bond donors (Lipinski definition) is 1. The molecule has 2 aromatic carbocycles. The SMILES string of the molecule is CSc1ccc(C2NC(=O)N(c3ccc(C)c(C)c3)C(C)=C2c2nc(-c3cccs3)no2)cc1. The van der Waals surface area contributed by atoms with Crippen LogP contribution in [0.3, 0.4) is 0 Å². The summed E-state index contributed by atoms with van der Waals surface area (Å²) < 4.78 is 5.76. The molecule has 1 unspecified atom stereocenters. The monoisotopic (exact) mass is 488 g/mol. The van der Waals surface area contributed by atoms with Crippen LogP contribution in [0.1, 0.15) is 35.5 Å². The minimum absolute atomic E-state index is 0.193. The minimum atomic E-state index is -0.414. The van der Waals surface area contributed by atoms with Crippen LogP contribution in [0.2, 0.25) is 0 Å². The number of urea groups is 1. The van der Waals surface area contributed by atoms with E-state index in [4.69, 9.17) is 9.51 Å². The molecule has 0 spiro atoms. The molecule has 0 radical (unpaired) electrons. The van der Waals surface area contributed by atoms with Gasteiger partial charge >= 0.3 is 6.03 Å². The Morgan fingerprint density at radius 1 is 1.06 bits per heavy atom. The number of carbonyl (C=O) groups excluding carboxylic acids is 1. The number of nitrogens with zero attached hydrogens (tertiary/aromatic N) is 3. The Hall–Kier alpha value is -3.36. The Morgan fingerprint density at radius 2 is 1.85 bits per heavy atom. The number of nitrogens with one attached hydrogen (secondary N) is 1. The number of benzene rings is 2. The smallest absolute Gasteiger partial charge is 0.326 e. The summed E-state index contributed by atoms with van der Waals surface area (Å²) in [5, 5.41) is 9.38. The summed E-state index contributed by atoms with van der Waals surface area (Å²) in [7, 11) is 0. The van der Waals surface area contributed by atoms with Crippen molar-refractivity contribution in [2.45, 2.75) is 31.7 Å². The maximum absolute atomic E-state index is 13.4. The summed E-state index contributed by atoms with van der Waals surface area (Å²) in [6.07, 6.45) is 2.04. The largest absolute Gasteiger partial charge is 0.334 e. The summed E-state index contributed by atoms with van der Waals surface area (Å²) in [5.74, 6) is 0.935. The molecule has 34 heavy (non-hydrogen) atoms. The van der Waals surface area contributed by atoms with E-state index in [2.05, 4.69) is 29.5 Å². The molecule has 1 aliphatic rings. The van der Waals surface area contributed by atoms with Crippen molar-refractivity contribution in [1.82, 2.24) is 15.5 Å². The van der Waals surface area contributed by atoms with Crippen molar-refractivity contribution in [3.63, 3.8) is 0 Å². The van der Waals surface area contributed by atoms with Crippen molar-refractivity contribution in [3.05, 3.63) is 88.3 Å². The molecule has 0 fully saturated rings. The van der Waals surface area contributed by atoms with Crippen molar-refractivity contribution in [3.8, 4) is 10.7 Å². The van der Waals surface area contributed by atoms with Crippen molar-refractivity contribution in [2.24, 2.45) is 0 Å². The second-order valence-electron chi connectivity index (χ2n) is 8.16. The molecule has 172 valence electrons. The van der Waals surface area contributed by atoms with E-state index in [1.165, 1.54) is 5.56 Å². The van der Waals surface area contributed by atoms with E-state index < -0.39 is 6.04 Å². The van der Waals surface area contributed by atoms with Crippen molar-refractivity contribution in [2.75, 3.05) is 11.2 Å². The summed E-state index contributed by atoms with van der Waals surface area (Å²) in [4.78, 5) is 21.9. The van der Waals surface area contributed by atoms with Crippen LogP contribution in [-0.2, 0) is 0 Å². The number of hydrogen-bond acceptors (Lipinski definition) is 6. The average Bonchev–Trinajstić information content (AvgIpc) is 3.53. The summed E-state index contributed by atoms with van der Waals surface area (Å²) in [6, 6.07) is 17.5. The lowest BCUT2D eigenvalue weighted by Gasteiger charge is -2.35. The van der Waals surface area contributed by atoms with Crippen LogP contribution < -0.4 is 10.2 Å². The molecule has 5 rings (SSSR count). The quantitative estimate of drug-likeness (QED) is 0.311. The minimum Gasteiger partial charge on any atom is -0.334 e. The second kappa shape index (κ2) is 9.12. The van der Waals surface area contributed by atoms with Crippen LogP contribution in [0.5, 0.6) is 0 Å². The van der Waals surface area contributed by atoms with Gasteiger partial charge in [0.25, 0.3) is 5.89 Å². The topological polar surface area (TPSA) is 71.3 Å². The van der Waals surface area contributed by atoms with Gasteiger partial charge in [0.05, 0.1) is 22.2 Å². The summed E-state index contributed by atoms with van der Waals surface area (Å²) in [6.45, 7) is 6.03. The van der Waals surface area contributed by atoms with Crippen LogP contribution in [0.15, 0.2) is 75.1 Å². The Labute approximate surface area is 206 Å². The molecule has 0 aliphatic carbocycles. The van der Waals surface area contributed by atoms with E-state index in [9.17, 15) is 4.79 Å². The highest BCUT2D eigenvalue weighted by Gasteiger charge is 2.36. The molecule has 2 amide bonds. The number of allylic oxidation sites excluding steroid dienone is 1. The zero-order chi connectivity index (χ0) is 23.8. The van der Waals surface area contributed by atoms with Crippen LogP contribution in [0.25, 0.3) is 16.3 Å². The zero-order valence-corrected chi connectivity index (χ0v) is 21.0. The molecule has 8 heteroatoms. The fourth-order valence-corrected chi connectivity index (χ4v) is 5.14. The Bertz CT molecular complexity index is 1370. The molecule has 3 heterocycles. The number of rotatable bonds is 5. The van der Waals surface area contributed by atoms with Crippen molar-refractivity contribution in [1.29, 1.82) is 0 Å². The highest BCUT2D eigenvalue weighted by molar-refractivity contribution is 7.98. The number of amides is 2. The first-order valence-electron chi connectivity index (χ1n) is 10.9. The fraction of sp³-hybridized carbons (Fsp3) is 0.192. The van der Waals surface area contributed by atoms with Crippen molar-refractivity contribution < 1.29 is 9.32 Å². The lowest BCUT2D eigenvalue weighted by atomic mass is 9.94. The molecule has 1 atom stereocenters. The predicted molar refractivity (Wildman–Crippen MR) is 138 cm³/mol. The van der Waals surface area contributed by atoms with Gasteiger partial charge < -0.3 is 9.84 Å². The molecular formula is C26H24N4O2S2. The van der Waals surface area contributed by atoms with Crippen LogP contribution in [0.4, 0.5) is 10.5 Å². The molecule has 0 bridgehead atoms. The molecule has 6 nitrogen and oxygen atoms in total. The number of thioether (sulfide) groups is 1. The number of carbonyl (C=O) groups is 1. The molecule has 0 saturated carbocycles. The van der Waals surface area contributed by atoms with E-state index in [1.807, 2.05) is 67.9 Å². The van der Waals surface area contributed by atoms with E-state index in [0.717, 1.165) is 37.9 Å². The third-order valence-corrected chi connectivity index (χ3v) is 7.69. The first-order valence-corrected chi connectivity index (χ1v) is 13.0. The predicted octanol–water partition coefficient (Wildman–Crippen LogP) is 6.84. The highest BCUT2D eigenvalue weighted by atomic mass is 32.2. The van der Waals surface area contributed by atoms with E-state index in [-0.39, 0.29) is 6.03 Å². The molecule has 2 aromatic heterocycles. The zero-order valence-electron chi connectivity index (χ0n) is 19.3. The molecule has 1 aliphatic heterocycles. The van der Waals surface area contributed by atoms with Gasteiger partial charge in [0.15, 0.2) is 0 Å². The van der Waals surface area contributed by atoms with E-state index in [0.29, 0.717) is 11.7 Å². The van der Waals surface area contributed by atoms with Gasteiger partial charge in [0, 0.05) is 10.6 Å². The van der Waals surface area contributed by atoms with Crippen LogP contribution in [-0.4, -0.2) is 22.4 Å². The summed E-state index contributed by atoms with van der Waals surface area (Å²) in [5.41, 5.74) is 5.58. The van der Waals surface area contributed by atoms with Crippen LogP contribution >= 0.6 is 23.1 Å². The molecule has 1 N–H and O–H groups in total. The third-order valence-electron chi connectivity index (χ3n) is 6.08. The molecule has 4 aromatic rings. The number of aryl methyl sites for hydroxylation is 2. The van der Waals surface area contributed by atoms with E-state index in [1.54, 1.807) is 28.0 Å². The lowest BCUT2D eigenvalue weighted by Crippen LogP contribution is -2.46. The van der Waals surface area contributed by atoms with Gasteiger partial charge in [-0.25, -0.2) is 4.79 Å². The van der Waals surface area contributed by atoms with Gasteiger partial charge in [-0.15, -0.1) is 23.1 Å². The second-order valence-corrected chi connectivity index (χ2v) is 9.99. The third kappa shape index (κ3) is 4.03. The van der Waals surface area contributed by atoms with Gasteiger partial charge in [-0.1, -0.05) is 29.4 Å². The summed E-state index contributed by atoms with van der Waals surface area (Å²) >= 11 is 3.23. The fourth-order valence-electron chi connectivity index (χ4n) is 4.08. The van der Waals surface area contributed by atoms with Crippen LogP contribution in [0, 0.1) is 13.8 Å². The van der Waals surface area contributed by atoms with Gasteiger partial charge in [-0.3, -0.25) is 4.90 Å². The molecule has 0 saturated heterocycles. The van der Waals surface area contributed by atoms with Gasteiger partial charge in [-0.2, -0.15) is 4.98 Å². The standard InChI is InChI=1S/C26H24N4O2S2/c1-15-7-10-19(14-16(15)2)30-17(3)22(25-28-24(29-32-25)21-6-5-13-34-21)23(27-26(30)31)18-8-11-20(33-4)12-9-18/h5-14,23H,1-4H3,(H,27,31). The highest BCUT2D eigenvalue weighted by Crippen LogP contribution is 2.40. The Morgan fingerprint density at radius 3 is 2.53 bits per heavy atom. The Kier molecular flexibility index (Phi) is 6.02. The number of anilines is 1. The number of thiophene rings is 1. The Balaban J connectivity index is 1.65. The number of aromatic nitrogens is 2. The molecular weight excluding hydrogens is 464 g/mol. The first kappa shape index (κ1) is 22.4. The van der Waals surface area contributed by atoms with Gasteiger partial charge in [-0.05, 0) is 79.4 Å². The maximum atomic E-state index is 13.4. The first-order chi connectivity index (χ1) is 16.5. The van der Waals surface area contributed by atoms with Gasteiger partial charge in [0.1, 0.15) is 0 Å². The van der Waals surface area contributed by atoms with E-state index >= 15 is 0 Å². The average molecular weight is 489 g/mol.